The van der Waals surface area contributed by atoms with E-state index in [0.29, 0.717) is 11.5 Å². The van der Waals surface area contributed by atoms with Gasteiger partial charge in [0, 0.05) is 10.0 Å². The van der Waals surface area contributed by atoms with Crippen LogP contribution in [0.1, 0.15) is 16.1 Å². The number of furan rings is 1. The van der Waals surface area contributed by atoms with Crippen molar-refractivity contribution in [2.75, 3.05) is 0 Å². The van der Waals surface area contributed by atoms with Crippen molar-refractivity contribution in [1.82, 2.24) is 5.43 Å². The van der Waals surface area contributed by atoms with E-state index in [1.165, 1.54) is 6.21 Å². The zero-order valence-corrected chi connectivity index (χ0v) is 16.2. The molecule has 2 N–H and O–H groups in total. The molecule has 0 aliphatic heterocycles. The lowest BCUT2D eigenvalue weighted by Gasteiger charge is -2.05. The van der Waals surface area contributed by atoms with Crippen molar-refractivity contribution in [1.29, 1.82) is 0 Å². The third-order valence-corrected chi connectivity index (χ3v) is 4.75. The second-order valence-electron chi connectivity index (χ2n) is 6.12. The van der Waals surface area contributed by atoms with Gasteiger partial charge in [0.15, 0.2) is 0 Å². The number of hydrazone groups is 1. The summed E-state index contributed by atoms with van der Waals surface area (Å²) in [6.45, 7) is 0. The van der Waals surface area contributed by atoms with Gasteiger partial charge in [-0.05, 0) is 47.2 Å². The second kappa shape index (κ2) is 7.70. The molecule has 6 heteroatoms. The topological polar surface area (TPSA) is 74.8 Å². The number of amides is 1. The van der Waals surface area contributed by atoms with E-state index >= 15 is 0 Å². The number of aromatic hydroxyl groups is 1. The standard InChI is InChI=1S/C22H15BrN2O3/c23-17-7-5-14(6-8-17)21-10-9-18(28-21)13-24-25-22(27)19-11-15-3-1-2-4-16(15)12-20(19)26/h1-13,26H,(H,25,27). The minimum atomic E-state index is -0.501. The van der Waals surface area contributed by atoms with E-state index in [9.17, 15) is 9.90 Å². The predicted octanol–water partition coefficient (Wildman–Crippen LogP) is 5.33. The van der Waals surface area contributed by atoms with Gasteiger partial charge in [-0.2, -0.15) is 5.10 Å². The molecule has 4 aromatic rings. The Bertz CT molecular complexity index is 1180. The number of phenols is 1. The molecule has 1 heterocycles. The van der Waals surface area contributed by atoms with Gasteiger partial charge < -0.3 is 9.52 Å². The molecule has 0 spiro atoms. The highest BCUT2D eigenvalue weighted by molar-refractivity contribution is 9.10. The van der Waals surface area contributed by atoms with Crippen molar-refractivity contribution in [2.24, 2.45) is 5.10 Å². The number of hydrogen-bond donors (Lipinski definition) is 2. The highest BCUT2D eigenvalue weighted by atomic mass is 79.9. The summed E-state index contributed by atoms with van der Waals surface area (Å²) in [7, 11) is 0. The molecular weight excluding hydrogens is 420 g/mol. The first-order chi connectivity index (χ1) is 13.6. The van der Waals surface area contributed by atoms with Crippen LogP contribution >= 0.6 is 15.9 Å². The van der Waals surface area contributed by atoms with Crippen LogP contribution in [0.4, 0.5) is 0 Å². The van der Waals surface area contributed by atoms with Crippen LogP contribution in [-0.2, 0) is 0 Å². The Labute approximate surface area is 169 Å². The number of carbonyl (C=O) groups excluding carboxylic acids is 1. The van der Waals surface area contributed by atoms with Gasteiger partial charge in [0.25, 0.3) is 5.91 Å². The second-order valence-corrected chi connectivity index (χ2v) is 7.04. The Balaban J connectivity index is 1.47. The van der Waals surface area contributed by atoms with E-state index in [4.69, 9.17) is 4.42 Å². The monoisotopic (exact) mass is 434 g/mol. The molecule has 0 aliphatic rings. The Morgan fingerprint density at radius 3 is 2.46 bits per heavy atom. The van der Waals surface area contributed by atoms with Crippen molar-refractivity contribution in [3.8, 4) is 17.1 Å². The zero-order valence-electron chi connectivity index (χ0n) is 14.6. The summed E-state index contributed by atoms with van der Waals surface area (Å²) in [5, 5.41) is 15.8. The van der Waals surface area contributed by atoms with Gasteiger partial charge in [0.2, 0.25) is 0 Å². The Morgan fingerprint density at radius 1 is 1.00 bits per heavy atom. The molecule has 138 valence electrons. The van der Waals surface area contributed by atoms with Crippen LogP contribution in [-0.4, -0.2) is 17.2 Å². The van der Waals surface area contributed by atoms with Crippen LogP contribution < -0.4 is 5.43 Å². The molecule has 28 heavy (non-hydrogen) atoms. The van der Waals surface area contributed by atoms with E-state index in [1.807, 2.05) is 54.6 Å². The van der Waals surface area contributed by atoms with Gasteiger partial charge in [0.05, 0.1) is 11.8 Å². The highest BCUT2D eigenvalue weighted by Crippen LogP contribution is 2.25. The molecule has 0 fully saturated rings. The minimum Gasteiger partial charge on any atom is -0.507 e. The lowest BCUT2D eigenvalue weighted by atomic mass is 10.1. The maximum atomic E-state index is 12.3. The number of benzene rings is 3. The molecule has 0 saturated carbocycles. The van der Waals surface area contributed by atoms with Gasteiger partial charge >= 0.3 is 0 Å². The number of hydrogen-bond acceptors (Lipinski definition) is 4. The van der Waals surface area contributed by atoms with Crippen LogP contribution in [0.25, 0.3) is 22.1 Å². The molecule has 1 aromatic heterocycles. The fourth-order valence-electron chi connectivity index (χ4n) is 2.82. The normalized spacial score (nSPS) is 11.2. The number of halogens is 1. The number of rotatable bonds is 4. The van der Waals surface area contributed by atoms with Gasteiger partial charge in [-0.3, -0.25) is 4.79 Å². The first-order valence-corrected chi connectivity index (χ1v) is 9.30. The van der Waals surface area contributed by atoms with Gasteiger partial charge in [-0.15, -0.1) is 0 Å². The SMILES string of the molecule is O=C(NN=Cc1ccc(-c2ccc(Br)cc2)o1)c1cc2ccccc2cc1O. The van der Waals surface area contributed by atoms with Crippen LogP contribution in [0.3, 0.4) is 0 Å². The van der Waals surface area contributed by atoms with E-state index < -0.39 is 5.91 Å². The first-order valence-electron chi connectivity index (χ1n) is 8.51. The lowest BCUT2D eigenvalue weighted by molar-refractivity contribution is 0.0952. The average molecular weight is 435 g/mol. The molecular formula is C22H15BrN2O3. The lowest BCUT2D eigenvalue weighted by Crippen LogP contribution is -2.17. The first kappa shape index (κ1) is 18.0. The Morgan fingerprint density at radius 2 is 1.71 bits per heavy atom. The van der Waals surface area contributed by atoms with Crippen molar-refractivity contribution < 1.29 is 14.3 Å². The Hall–Kier alpha value is -3.38. The highest BCUT2D eigenvalue weighted by Gasteiger charge is 2.12. The Kier molecular flexibility index (Phi) is 4.95. The average Bonchev–Trinajstić information content (AvgIpc) is 3.17. The molecule has 4 rings (SSSR count). The van der Waals surface area contributed by atoms with Crippen molar-refractivity contribution >= 4 is 38.8 Å². The number of nitrogens with zero attached hydrogens (tertiary/aromatic N) is 1. The van der Waals surface area contributed by atoms with Gasteiger partial charge in [-0.25, -0.2) is 5.43 Å². The minimum absolute atomic E-state index is 0.0954. The van der Waals surface area contributed by atoms with E-state index in [1.54, 1.807) is 18.2 Å². The fourth-order valence-corrected chi connectivity index (χ4v) is 3.08. The molecule has 0 atom stereocenters. The van der Waals surface area contributed by atoms with E-state index in [-0.39, 0.29) is 11.3 Å². The molecule has 0 unspecified atom stereocenters. The third-order valence-electron chi connectivity index (χ3n) is 4.22. The van der Waals surface area contributed by atoms with Crippen LogP contribution in [0.2, 0.25) is 0 Å². The van der Waals surface area contributed by atoms with Crippen molar-refractivity contribution in [3.05, 3.63) is 88.6 Å². The summed E-state index contributed by atoms with van der Waals surface area (Å²) >= 11 is 3.40. The number of nitrogens with one attached hydrogen (secondary N) is 1. The number of phenolic OH excluding ortho intramolecular Hbond substituents is 1. The molecule has 0 aliphatic carbocycles. The molecule has 0 bridgehead atoms. The summed E-state index contributed by atoms with van der Waals surface area (Å²) in [5.41, 5.74) is 3.51. The molecule has 1 amide bonds. The predicted molar refractivity (Wildman–Crippen MR) is 113 cm³/mol. The quantitative estimate of drug-likeness (QED) is 0.336. The molecule has 3 aromatic carbocycles. The van der Waals surface area contributed by atoms with Crippen molar-refractivity contribution in [2.45, 2.75) is 0 Å². The summed E-state index contributed by atoms with van der Waals surface area (Å²) in [5.74, 6) is 0.606. The molecule has 0 saturated heterocycles. The molecule has 0 radical (unpaired) electrons. The van der Waals surface area contributed by atoms with Gasteiger partial charge in [-0.1, -0.05) is 52.3 Å². The smallest absolute Gasteiger partial charge is 0.275 e. The molecule has 5 nitrogen and oxygen atoms in total. The summed E-state index contributed by atoms with van der Waals surface area (Å²) < 4.78 is 6.70. The summed E-state index contributed by atoms with van der Waals surface area (Å²) in [4.78, 5) is 12.3. The van der Waals surface area contributed by atoms with E-state index in [0.717, 1.165) is 20.8 Å². The number of carbonyl (C=O) groups is 1. The van der Waals surface area contributed by atoms with E-state index in [2.05, 4.69) is 26.5 Å². The van der Waals surface area contributed by atoms with Crippen LogP contribution in [0, 0.1) is 0 Å². The van der Waals surface area contributed by atoms with Crippen molar-refractivity contribution in [3.63, 3.8) is 0 Å². The summed E-state index contributed by atoms with van der Waals surface area (Å²) in [6, 6.07) is 22.0. The van der Waals surface area contributed by atoms with Gasteiger partial charge in [0.1, 0.15) is 17.3 Å². The summed E-state index contributed by atoms with van der Waals surface area (Å²) in [6.07, 6.45) is 1.42. The maximum Gasteiger partial charge on any atom is 0.275 e. The van der Waals surface area contributed by atoms with Crippen LogP contribution in [0.15, 0.2) is 86.8 Å². The number of fused-ring (bicyclic) bond motifs is 1. The fraction of sp³-hybridized carbons (Fsp3) is 0. The maximum absolute atomic E-state index is 12.3. The zero-order chi connectivity index (χ0) is 19.5. The largest absolute Gasteiger partial charge is 0.507 e. The third kappa shape index (κ3) is 3.82. The van der Waals surface area contributed by atoms with Crippen LogP contribution in [0.5, 0.6) is 5.75 Å².